The molecular formula is C9H12N4S. The van der Waals surface area contributed by atoms with Crippen molar-refractivity contribution >= 4 is 11.3 Å². The van der Waals surface area contributed by atoms with Crippen LogP contribution in [0.5, 0.6) is 0 Å². The van der Waals surface area contributed by atoms with Crippen molar-refractivity contribution in [3.05, 3.63) is 29.0 Å². The van der Waals surface area contributed by atoms with Crippen LogP contribution in [0.3, 0.4) is 0 Å². The van der Waals surface area contributed by atoms with Crippen LogP contribution in [0.4, 0.5) is 0 Å². The highest BCUT2D eigenvalue weighted by molar-refractivity contribution is 7.12. The molecule has 0 unspecified atom stereocenters. The minimum Gasteiger partial charge on any atom is -0.314 e. The SMILES string of the molecule is CNCc1csc(-n2ccc(C)n2)n1. The van der Waals surface area contributed by atoms with E-state index >= 15 is 0 Å². The number of rotatable bonds is 3. The molecule has 0 aliphatic heterocycles. The Morgan fingerprint density at radius 2 is 2.43 bits per heavy atom. The lowest BCUT2D eigenvalue weighted by atomic mass is 10.5. The van der Waals surface area contributed by atoms with Crippen molar-refractivity contribution < 1.29 is 0 Å². The van der Waals surface area contributed by atoms with Crippen molar-refractivity contribution in [3.63, 3.8) is 0 Å². The molecular weight excluding hydrogens is 196 g/mol. The zero-order valence-electron chi connectivity index (χ0n) is 8.19. The summed E-state index contributed by atoms with van der Waals surface area (Å²) in [6, 6.07) is 1.97. The smallest absolute Gasteiger partial charge is 0.210 e. The summed E-state index contributed by atoms with van der Waals surface area (Å²) in [7, 11) is 1.91. The lowest BCUT2D eigenvalue weighted by molar-refractivity contribution is 0.782. The molecule has 14 heavy (non-hydrogen) atoms. The third-order valence-electron chi connectivity index (χ3n) is 1.82. The minimum atomic E-state index is 0.802. The number of nitrogens with one attached hydrogen (secondary N) is 1. The van der Waals surface area contributed by atoms with Crippen LogP contribution in [0.15, 0.2) is 17.6 Å². The number of hydrogen-bond acceptors (Lipinski definition) is 4. The molecule has 0 atom stereocenters. The molecule has 2 aromatic rings. The lowest BCUT2D eigenvalue weighted by Gasteiger charge is -1.93. The van der Waals surface area contributed by atoms with Gasteiger partial charge in [-0.05, 0) is 20.0 Å². The number of nitrogens with zero attached hydrogens (tertiary/aromatic N) is 3. The average molecular weight is 208 g/mol. The first-order valence-electron chi connectivity index (χ1n) is 4.41. The van der Waals surface area contributed by atoms with Gasteiger partial charge in [0, 0.05) is 18.1 Å². The Kier molecular flexibility index (Phi) is 2.60. The normalized spacial score (nSPS) is 10.7. The summed E-state index contributed by atoms with van der Waals surface area (Å²) < 4.78 is 1.80. The van der Waals surface area contributed by atoms with Gasteiger partial charge >= 0.3 is 0 Å². The Labute approximate surface area is 86.6 Å². The number of aryl methyl sites for hydroxylation is 1. The van der Waals surface area contributed by atoms with E-state index in [0.717, 1.165) is 23.1 Å². The van der Waals surface area contributed by atoms with Crippen LogP contribution >= 0.6 is 11.3 Å². The third kappa shape index (κ3) is 1.83. The lowest BCUT2D eigenvalue weighted by Crippen LogP contribution is -2.05. The van der Waals surface area contributed by atoms with Gasteiger partial charge in [-0.3, -0.25) is 0 Å². The fraction of sp³-hybridized carbons (Fsp3) is 0.333. The third-order valence-corrected chi connectivity index (χ3v) is 2.70. The summed E-state index contributed by atoms with van der Waals surface area (Å²) in [5, 5.41) is 10.3. The van der Waals surface area contributed by atoms with Gasteiger partial charge in [0.1, 0.15) is 0 Å². The molecule has 0 bridgehead atoms. The monoisotopic (exact) mass is 208 g/mol. The van der Waals surface area contributed by atoms with E-state index in [1.165, 1.54) is 0 Å². The molecule has 0 amide bonds. The van der Waals surface area contributed by atoms with Crippen molar-refractivity contribution in [2.24, 2.45) is 0 Å². The second kappa shape index (κ2) is 3.89. The van der Waals surface area contributed by atoms with Gasteiger partial charge in [-0.2, -0.15) is 5.10 Å². The zero-order chi connectivity index (χ0) is 9.97. The van der Waals surface area contributed by atoms with Crippen molar-refractivity contribution in [1.29, 1.82) is 0 Å². The Hall–Kier alpha value is -1.20. The Morgan fingerprint density at radius 1 is 1.57 bits per heavy atom. The number of aromatic nitrogens is 3. The summed E-state index contributed by atoms with van der Waals surface area (Å²) in [5.74, 6) is 0. The first kappa shape index (κ1) is 9.36. The van der Waals surface area contributed by atoms with Crippen LogP contribution in [0.25, 0.3) is 5.13 Å². The zero-order valence-corrected chi connectivity index (χ0v) is 9.01. The molecule has 74 valence electrons. The van der Waals surface area contributed by atoms with E-state index in [2.05, 4.69) is 15.4 Å². The molecule has 0 fully saturated rings. The molecule has 0 aliphatic carbocycles. The largest absolute Gasteiger partial charge is 0.314 e. The molecule has 0 saturated heterocycles. The molecule has 2 heterocycles. The van der Waals surface area contributed by atoms with Crippen LogP contribution in [0.2, 0.25) is 0 Å². The fourth-order valence-corrected chi connectivity index (χ4v) is 1.94. The summed E-state index contributed by atoms with van der Waals surface area (Å²) >= 11 is 1.61. The van der Waals surface area contributed by atoms with E-state index in [1.54, 1.807) is 16.0 Å². The average Bonchev–Trinajstić information content (AvgIpc) is 2.74. The van der Waals surface area contributed by atoms with E-state index in [-0.39, 0.29) is 0 Å². The Bertz CT molecular complexity index is 418. The molecule has 0 radical (unpaired) electrons. The van der Waals surface area contributed by atoms with Crippen LogP contribution in [0.1, 0.15) is 11.4 Å². The molecule has 1 N–H and O–H groups in total. The molecule has 5 heteroatoms. The van der Waals surface area contributed by atoms with Gasteiger partial charge < -0.3 is 5.32 Å². The minimum absolute atomic E-state index is 0.802. The van der Waals surface area contributed by atoms with Crippen molar-refractivity contribution in [3.8, 4) is 5.13 Å². The van der Waals surface area contributed by atoms with E-state index in [4.69, 9.17) is 0 Å². The van der Waals surface area contributed by atoms with E-state index < -0.39 is 0 Å². The highest BCUT2D eigenvalue weighted by atomic mass is 32.1. The summed E-state index contributed by atoms with van der Waals surface area (Å²) in [6.45, 7) is 2.77. The maximum atomic E-state index is 4.44. The maximum Gasteiger partial charge on any atom is 0.210 e. The quantitative estimate of drug-likeness (QED) is 0.828. The van der Waals surface area contributed by atoms with Gasteiger partial charge in [-0.15, -0.1) is 11.3 Å². The topological polar surface area (TPSA) is 42.7 Å². The van der Waals surface area contributed by atoms with E-state index in [9.17, 15) is 0 Å². The number of hydrogen-bond donors (Lipinski definition) is 1. The van der Waals surface area contributed by atoms with E-state index in [1.807, 2.05) is 31.6 Å². The van der Waals surface area contributed by atoms with E-state index in [0.29, 0.717) is 0 Å². The van der Waals surface area contributed by atoms with Gasteiger partial charge in [0.05, 0.1) is 11.4 Å². The molecule has 0 spiro atoms. The second-order valence-electron chi connectivity index (χ2n) is 3.05. The van der Waals surface area contributed by atoms with Crippen LogP contribution in [-0.2, 0) is 6.54 Å². The van der Waals surface area contributed by atoms with Crippen LogP contribution < -0.4 is 5.32 Å². The number of thiazole rings is 1. The highest BCUT2D eigenvalue weighted by Gasteiger charge is 2.03. The summed E-state index contributed by atoms with van der Waals surface area (Å²) in [6.07, 6.45) is 1.93. The molecule has 2 rings (SSSR count). The summed E-state index contributed by atoms with van der Waals surface area (Å²) in [4.78, 5) is 4.44. The first-order chi connectivity index (χ1) is 6.79. The van der Waals surface area contributed by atoms with Crippen LogP contribution in [-0.4, -0.2) is 21.8 Å². The van der Waals surface area contributed by atoms with Crippen molar-refractivity contribution in [2.75, 3.05) is 7.05 Å². The van der Waals surface area contributed by atoms with Gasteiger partial charge in [-0.1, -0.05) is 0 Å². The molecule has 0 saturated carbocycles. The standard InChI is InChI=1S/C9H12N4S/c1-7-3-4-13(12-7)9-11-8(5-10-2)6-14-9/h3-4,6,10H,5H2,1-2H3. The van der Waals surface area contributed by atoms with Crippen molar-refractivity contribution in [1.82, 2.24) is 20.1 Å². The fourth-order valence-electron chi connectivity index (χ4n) is 1.19. The Balaban J connectivity index is 2.24. The predicted octanol–water partition coefficient (Wildman–Crippen LogP) is 1.36. The van der Waals surface area contributed by atoms with Gasteiger partial charge in [0.25, 0.3) is 0 Å². The molecule has 0 aromatic carbocycles. The first-order valence-corrected chi connectivity index (χ1v) is 5.29. The second-order valence-corrected chi connectivity index (χ2v) is 3.89. The highest BCUT2D eigenvalue weighted by Crippen LogP contribution is 2.14. The van der Waals surface area contributed by atoms with Gasteiger partial charge in [-0.25, -0.2) is 9.67 Å². The van der Waals surface area contributed by atoms with Crippen molar-refractivity contribution in [2.45, 2.75) is 13.5 Å². The maximum absolute atomic E-state index is 4.44. The molecule has 2 aromatic heterocycles. The van der Waals surface area contributed by atoms with Gasteiger partial charge in [0.15, 0.2) is 0 Å². The Morgan fingerprint density at radius 3 is 3.07 bits per heavy atom. The van der Waals surface area contributed by atoms with Gasteiger partial charge in [0.2, 0.25) is 5.13 Å². The molecule has 4 nitrogen and oxygen atoms in total. The predicted molar refractivity (Wildman–Crippen MR) is 56.7 cm³/mol. The van der Waals surface area contributed by atoms with Crippen LogP contribution in [0, 0.1) is 6.92 Å². The molecule has 0 aliphatic rings. The summed E-state index contributed by atoms with van der Waals surface area (Å²) in [5.41, 5.74) is 2.07.